The number of amides is 1. The van der Waals surface area contributed by atoms with Gasteiger partial charge in [0.2, 0.25) is 5.88 Å². The first-order valence-corrected chi connectivity index (χ1v) is 10.4. The molecular weight excluding hydrogens is 436 g/mol. The maximum Gasteiger partial charge on any atom is 0.413 e. The Balaban J connectivity index is 1.50. The largest absolute Gasteiger partial charge is 0.443 e. The Kier molecular flexibility index (Phi) is 5.33. The van der Waals surface area contributed by atoms with E-state index in [0.717, 1.165) is 0 Å². The number of nitrogens with zero attached hydrogens (tertiary/aromatic N) is 2. The molecule has 0 saturated carbocycles. The Labute approximate surface area is 187 Å². The van der Waals surface area contributed by atoms with Crippen molar-refractivity contribution in [1.29, 1.82) is 0 Å². The number of ether oxygens (including phenoxy) is 3. The van der Waals surface area contributed by atoms with E-state index in [9.17, 15) is 9.18 Å². The fourth-order valence-corrected chi connectivity index (χ4v) is 3.95. The van der Waals surface area contributed by atoms with E-state index in [1.54, 1.807) is 19.1 Å². The highest BCUT2D eigenvalue weighted by Gasteiger charge is 2.25. The molecule has 1 amide bonds. The molecule has 0 bridgehead atoms. The topological polar surface area (TPSA) is 121 Å². The summed E-state index contributed by atoms with van der Waals surface area (Å²) in [5.74, 6) is -0.283. The third-order valence-corrected chi connectivity index (χ3v) is 5.66. The summed E-state index contributed by atoms with van der Waals surface area (Å²) in [6.07, 6.45) is 0.984. The molecule has 0 spiro atoms. The number of anilines is 3. The molecule has 9 nitrogen and oxygen atoms in total. The normalized spacial score (nSPS) is 19.5. The van der Waals surface area contributed by atoms with Crippen molar-refractivity contribution in [3.8, 4) is 17.0 Å². The van der Waals surface area contributed by atoms with Crippen molar-refractivity contribution in [3.05, 3.63) is 35.9 Å². The van der Waals surface area contributed by atoms with Gasteiger partial charge in [-0.05, 0) is 30.0 Å². The summed E-state index contributed by atoms with van der Waals surface area (Å²) in [4.78, 5) is 20.4. The maximum atomic E-state index is 15.2. The number of nitrogens with one attached hydrogen (secondary N) is 2. The van der Waals surface area contributed by atoms with Gasteiger partial charge in [-0.3, -0.25) is 5.32 Å². The third-order valence-electron chi connectivity index (χ3n) is 5.66. The lowest BCUT2D eigenvalue weighted by molar-refractivity contribution is 0.0688. The highest BCUT2D eigenvalue weighted by molar-refractivity contribution is 5.99. The van der Waals surface area contributed by atoms with Crippen molar-refractivity contribution in [1.82, 2.24) is 9.97 Å². The number of fused-ring (bicyclic) bond motifs is 2. The maximum absolute atomic E-state index is 15.2. The number of halogens is 2. The van der Waals surface area contributed by atoms with Crippen molar-refractivity contribution < 1.29 is 27.8 Å². The molecule has 1 fully saturated rings. The minimum absolute atomic E-state index is 0.0366. The fourth-order valence-electron chi connectivity index (χ4n) is 3.95. The SMILES string of the molecule is Cc1c(-c2cc3cc(NC(=O)O[C@H]4CCOC4)ncc3c(N)c2F)cnc2c1NC[C@@H](F)O2. The average Bonchev–Trinajstić information content (AvgIpc) is 3.29. The summed E-state index contributed by atoms with van der Waals surface area (Å²) in [6, 6.07) is 3.18. The Morgan fingerprint density at radius 1 is 1.30 bits per heavy atom. The van der Waals surface area contributed by atoms with Gasteiger partial charge in [-0.1, -0.05) is 0 Å². The first-order chi connectivity index (χ1) is 15.9. The van der Waals surface area contributed by atoms with Crippen LogP contribution in [-0.2, 0) is 9.47 Å². The van der Waals surface area contributed by atoms with Gasteiger partial charge in [0.25, 0.3) is 6.36 Å². The number of aromatic nitrogens is 2. The van der Waals surface area contributed by atoms with Gasteiger partial charge < -0.3 is 25.3 Å². The zero-order valence-corrected chi connectivity index (χ0v) is 17.7. The van der Waals surface area contributed by atoms with Crippen molar-refractivity contribution in [2.75, 3.05) is 36.1 Å². The van der Waals surface area contributed by atoms with Gasteiger partial charge in [0, 0.05) is 35.3 Å². The Morgan fingerprint density at radius 3 is 2.94 bits per heavy atom. The predicted molar refractivity (Wildman–Crippen MR) is 117 cm³/mol. The third kappa shape index (κ3) is 3.95. The number of nitrogens with two attached hydrogens (primary N) is 1. The van der Waals surface area contributed by atoms with Crippen LogP contribution in [0.1, 0.15) is 12.0 Å². The molecule has 2 atom stereocenters. The number of pyridine rings is 2. The molecule has 172 valence electrons. The van der Waals surface area contributed by atoms with Crippen LogP contribution in [0, 0.1) is 12.7 Å². The van der Waals surface area contributed by atoms with Crippen LogP contribution in [0.5, 0.6) is 5.88 Å². The quantitative estimate of drug-likeness (QED) is 0.509. The molecule has 1 saturated heterocycles. The lowest BCUT2D eigenvalue weighted by Crippen LogP contribution is -2.27. The van der Waals surface area contributed by atoms with Crippen molar-refractivity contribution >= 4 is 34.1 Å². The van der Waals surface area contributed by atoms with Crippen LogP contribution in [0.3, 0.4) is 0 Å². The van der Waals surface area contributed by atoms with Gasteiger partial charge in [0.15, 0.2) is 5.82 Å². The number of hydrogen-bond acceptors (Lipinski definition) is 8. The van der Waals surface area contributed by atoms with Crippen molar-refractivity contribution in [3.63, 3.8) is 0 Å². The summed E-state index contributed by atoms with van der Waals surface area (Å²) in [5, 5.41) is 6.45. The number of hydrogen-bond donors (Lipinski definition) is 3. The van der Waals surface area contributed by atoms with Crippen LogP contribution >= 0.6 is 0 Å². The predicted octanol–water partition coefficient (Wildman–Crippen LogP) is 3.76. The van der Waals surface area contributed by atoms with Gasteiger partial charge in [-0.2, -0.15) is 4.39 Å². The van der Waals surface area contributed by atoms with E-state index in [1.165, 1.54) is 12.4 Å². The molecule has 0 radical (unpaired) electrons. The molecule has 4 heterocycles. The van der Waals surface area contributed by atoms with E-state index in [0.29, 0.717) is 47.2 Å². The van der Waals surface area contributed by atoms with Crippen LogP contribution in [-0.4, -0.2) is 48.3 Å². The van der Waals surface area contributed by atoms with E-state index < -0.39 is 18.3 Å². The molecule has 2 aromatic heterocycles. The van der Waals surface area contributed by atoms with E-state index in [2.05, 4.69) is 20.6 Å². The summed E-state index contributed by atoms with van der Waals surface area (Å²) < 4.78 is 44.3. The molecule has 1 aromatic carbocycles. The number of carbonyl (C=O) groups excluding carboxylic acids is 1. The number of rotatable bonds is 3. The average molecular weight is 457 g/mol. The van der Waals surface area contributed by atoms with Crippen LogP contribution < -0.4 is 21.1 Å². The zero-order chi connectivity index (χ0) is 23.1. The number of carbonyl (C=O) groups is 1. The molecule has 3 aromatic rings. The summed E-state index contributed by atoms with van der Waals surface area (Å²) >= 11 is 0. The number of benzene rings is 1. The molecule has 2 aliphatic rings. The second-order valence-electron chi connectivity index (χ2n) is 7.84. The van der Waals surface area contributed by atoms with E-state index in [-0.39, 0.29) is 35.6 Å². The monoisotopic (exact) mass is 457 g/mol. The number of alkyl halides is 1. The molecule has 33 heavy (non-hydrogen) atoms. The standard InChI is InChI=1S/C22H21F2N5O4/c1-10-14(6-28-21-20(10)27-8-16(23)33-21)13-4-11-5-17(26-7-15(11)19(25)18(13)24)29-22(30)32-12-2-3-31-9-12/h4-7,12,16,27H,2-3,8-9,25H2,1H3,(H,26,29,30)/t12-,16-/m0/s1. The number of nitrogen functional groups attached to an aromatic ring is 1. The van der Waals surface area contributed by atoms with Crippen molar-refractivity contribution in [2.45, 2.75) is 25.8 Å². The summed E-state index contributed by atoms with van der Waals surface area (Å²) in [7, 11) is 0. The summed E-state index contributed by atoms with van der Waals surface area (Å²) in [6.45, 7) is 2.63. The highest BCUT2D eigenvalue weighted by atomic mass is 19.1. The van der Waals surface area contributed by atoms with Gasteiger partial charge in [0.1, 0.15) is 17.6 Å². The summed E-state index contributed by atoms with van der Waals surface area (Å²) in [5.41, 5.74) is 7.80. The lowest BCUT2D eigenvalue weighted by atomic mass is 9.97. The van der Waals surface area contributed by atoms with Gasteiger partial charge in [0.05, 0.1) is 25.4 Å². The molecule has 5 rings (SSSR count). The minimum atomic E-state index is -1.50. The molecule has 2 aliphatic heterocycles. The molecule has 4 N–H and O–H groups in total. The Morgan fingerprint density at radius 2 is 2.15 bits per heavy atom. The van der Waals surface area contributed by atoms with Crippen LogP contribution in [0.2, 0.25) is 0 Å². The van der Waals surface area contributed by atoms with E-state index in [1.807, 2.05) is 0 Å². The Hall–Kier alpha value is -3.73. The first kappa shape index (κ1) is 21.1. The lowest BCUT2D eigenvalue weighted by Gasteiger charge is -2.24. The molecule has 11 heteroatoms. The van der Waals surface area contributed by atoms with Crippen LogP contribution in [0.4, 0.5) is 30.8 Å². The van der Waals surface area contributed by atoms with Gasteiger partial charge >= 0.3 is 6.09 Å². The second-order valence-corrected chi connectivity index (χ2v) is 7.84. The van der Waals surface area contributed by atoms with Gasteiger partial charge in [-0.25, -0.2) is 19.2 Å². The van der Waals surface area contributed by atoms with Gasteiger partial charge in [-0.15, -0.1) is 0 Å². The van der Waals surface area contributed by atoms with Crippen LogP contribution in [0.15, 0.2) is 24.5 Å². The second kappa shape index (κ2) is 8.32. The molecule has 0 unspecified atom stereocenters. The smallest absolute Gasteiger partial charge is 0.413 e. The zero-order valence-electron chi connectivity index (χ0n) is 17.7. The minimum Gasteiger partial charge on any atom is -0.443 e. The molecule has 0 aliphatic carbocycles. The van der Waals surface area contributed by atoms with Crippen LogP contribution in [0.25, 0.3) is 21.9 Å². The van der Waals surface area contributed by atoms with E-state index in [4.69, 9.17) is 19.9 Å². The fraction of sp³-hybridized carbons (Fsp3) is 0.318. The van der Waals surface area contributed by atoms with Crippen molar-refractivity contribution in [2.24, 2.45) is 0 Å². The first-order valence-electron chi connectivity index (χ1n) is 10.4. The highest BCUT2D eigenvalue weighted by Crippen LogP contribution is 2.40. The van der Waals surface area contributed by atoms with E-state index >= 15 is 4.39 Å². The molecular formula is C22H21F2N5O4. The Bertz CT molecular complexity index is 1250.